The first-order valence-electron chi connectivity index (χ1n) is 10.4. The average molecular weight is 383 g/mol. The fourth-order valence-corrected chi connectivity index (χ4v) is 4.51. The lowest BCUT2D eigenvalue weighted by Gasteiger charge is -2.08. The van der Waals surface area contributed by atoms with Crippen LogP contribution in [-0.4, -0.2) is 14.1 Å². The maximum absolute atomic E-state index is 12.9. The molecule has 4 aromatic rings. The Hall–Kier alpha value is -3.14. The summed E-state index contributed by atoms with van der Waals surface area (Å²) in [5.74, 6) is 0.675. The Kier molecular flexibility index (Phi) is 4.35. The van der Waals surface area contributed by atoms with Crippen molar-refractivity contribution in [3.8, 4) is 16.9 Å². The molecule has 0 atom stereocenters. The van der Waals surface area contributed by atoms with Crippen LogP contribution in [0.25, 0.3) is 28.0 Å². The normalized spacial score (nSPS) is 14.0. The van der Waals surface area contributed by atoms with Crippen LogP contribution in [0.5, 0.6) is 0 Å². The van der Waals surface area contributed by atoms with E-state index in [0.29, 0.717) is 5.82 Å². The monoisotopic (exact) mass is 383 g/mol. The third-order valence-corrected chi connectivity index (χ3v) is 6.15. The van der Waals surface area contributed by atoms with E-state index in [1.165, 1.54) is 41.5 Å². The second-order valence-electron chi connectivity index (χ2n) is 8.08. The lowest BCUT2D eigenvalue weighted by atomic mass is 10.1. The number of pyridine rings is 2. The van der Waals surface area contributed by atoms with Gasteiger partial charge in [-0.25, -0.2) is 4.98 Å². The molecular formula is C25H25N3O. The molecule has 1 aromatic carbocycles. The van der Waals surface area contributed by atoms with E-state index in [1.807, 2.05) is 18.3 Å². The molecule has 0 bridgehead atoms. The molecule has 5 rings (SSSR count). The third-order valence-electron chi connectivity index (χ3n) is 6.15. The maximum Gasteiger partial charge on any atom is 0.256 e. The van der Waals surface area contributed by atoms with E-state index in [1.54, 1.807) is 10.6 Å². The zero-order chi connectivity index (χ0) is 20.0. The van der Waals surface area contributed by atoms with Crippen molar-refractivity contribution in [3.63, 3.8) is 0 Å². The van der Waals surface area contributed by atoms with E-state index in [-0.39, 0.29) is 5.56 Å². The Bertz CT molecular complexity index is 1260. The van der Waals surface area contributed by atoms with Crippen LogP contribution in [0.15, 0.2) is 59.5 Å². The molecule has 3 aromatic heterocycles. The number of nitrogens with zero attached hydrogens (tertiary/aromatic N) is 3. The summed E-state index contributed by atoms with van der Waals surface area (Å²) in [4.78, 5) is 17.7. The van der Waals surface area contributed by atoms with Gasteiger partial charge in [0.15, 0.2) is 0 Å². The molecule has 3 heterocycles. The molecule has 29 heavy (non-hydrogen) atoms. The molecule has 4 heteroatoms. The topological polar surface area (TPSA) is 39.8 Å². The molecule has 4 nitrogen and oxygen atoms in total. The van der Waals surface area contributed by atoms with Crippen LogP contribution in [0.3, 0.4) is 0 Å². The van der Waals surface area contributed by atoms with Crippen molar-refractivity contribution in [1.29, 1.82) is 0 Å². The van der Waals surface area contributed by atoms with Crippen LogP contribution in [0.2, 0.25) is 0 Å². The standard InChI is InChI=1S/C25H25N3O/c1-17-8-10-18(11-9-17)19-14-15-28(24(29)16-19)23-13-12-21-20-6-4-3-5-7-22(20)27(2)25(21)26-23/h8-16H,3-7H2,1-2H3. The van der Waals surface area contributed by atoms with E-state index in [9.17, 15) is 4.79 Å². The van der Waals surface area contributed by atoms with Crippen molar-refractivity contribution in [2.24, 2.45) is 7.05 Å². The number of aromatic nitrogens is 3. The summed E-state index contributed by atoms with van der Waals surface area (Å²) in [6.07, 6.45) is 7.85. The minimum absolute atomic E-state index is 0.0642. The van der Waals surface area contributed by atoms with Crippen LogP contribution in [-0.2, 0) is 19.9 Å². The van der Waals surface area contributed by atoms with Gasteiger partial charge >= 0.3 is 0 Å². The van der Waals surface area contributed by atoms with Crippen molar-refractivity contribution in [2.75, 3.05) is 0 Å². The average Bonchev–Trinajstić information content (AvgIpc) is 2.89. The molecule has 1 aliphatic carbocycles. The summed E-state index contributed by atoms with van der Waals surface area (Å²) < 4.78 is 3.86. The van der Waals surface area contributed by atoms with Gasteiger partial charge in [0.1, 0.15) is 11.5 Å². The van der Waals surface area contributed by atoms with Gasteiger partial charge in [-0.1, -0.05) is 36.2 Å². The van der Waals surface area contributed by atoms with Crippen LogP contribution in [0.1, 0.15) is 36.1 Å². The molecule has 1 aliphatic rings. The summed E-state index contributed by atoms with van der Waals surface area (Å²) in [6.45, 7) is 2.06. The van der Waals surface area contributed by atoms with Gasteiger partial charge in [0.25, 0.3) is 5.56 Å². The molecule has 0 unspecified atom stereocenters. The molecule has 0 fully saturated rings. The van der Waals surface area contributed by atoms with Crippen molar-refractivity contribution in [2.45, 2.75) is 39.0 Å². The number of rotatable bonds is 2. The quantitative estimate of drug-likeness (QED) is 0.459. The van der Waals surface area contributed by atoms with Crippen LogP contribution in [0.4, 0.5) is 0 Å². The first-order chi connectivity index (χ1) is 14.1. The van der Waals surface area contributed by atoms with Gasteiger partial charge in [0.2, 0.25) is 0 Å². The number of hydrogen-bond acceptors (Lipinski definition) is 2. The number of fused-ring (bicyclic) bond motifs is 3. The molecular weight excluding hydrogens is 358 g/mol. The van der Waals surface area contributed by atoms with Crippen molar-refractivity contribution in [3.05, 3.63) is 81.9 Å². The molecule has 0 saturated carbocycles. The summed E-state index contributed by atoms with van der Waals surface area (Å²) in [5.41, 5.74) is 6.95. The van der Waals surface area contributed by atoms with E-state index in [2.05, 4.69) is 48.9 Å². The van der Waals surface area contributed by atoms with Crippen molar-refractivity contribution < 1.29 is 0 Å². The highest BCUT2D eigenvalue weighted by molar-refractivity contribution is 5.83. The lowest BCUT2D eigenvalue weighted by Crippen LogP contribution is -2.17. The second-order valence-corrected chi connectivity index (χ2v) is 8.08. The summed E-state index contributed by atoms with van der Waals surface area (Å²) in [5, 5.41) is 1.23. The molecule has 0 spiro atoms. The minimum atomic E-state index is -0.0642. The Morgan fingerprint density at radius 2 is 1.69 bits per heavy atom. The van der Waals surface area contributed by atoms with Gasteiger partial charge < -0.3 is 4.57 Å². The first kappa shape index (κ1) is 17.9. The molecule has 0 N–H and O–H groups in total. The zero-order valence-electron chi connectivity index (χ0n) is 17.0. The Balaban J connectivity index is 1.58. The van der Waals surface area contributed by atoms with Crippen molar-refractivity contribution in [1.82, 2.24) is 14.1 Å². The highest BCUT2D eigenvalue weighted by Crippen LogP contribution is 2.30. The molecule has 0 amide bonds. The van der Waals surface area contributed by atoms with Crippen LogP contribution in [0, 0.1) is 6.92 Å². The van der Waals surface area contributed by atoms with E-state index >= 15 is 0 Å². The van der Waals surface area contributed by atoms with Gasteiger partial charge in [-0.2, -0.15) is 0 Å². The second kappa shape index (κ2) is 7.03. The summed E-state index contributed by atoms with van der Waals surface area (Å²) in [7, 11) is 2.10. The Morgan fingerprint density at radius 1 is 0.897 bits per heavy atom. The predicted molar refractivity (Wildman–Crippen MR) is 118 cm³/mol. The molecule has 0 radical (unpaired) electrons. The maximum atomic E-state index is 12.9. The fraction of sp³-hybridized carbons (Fsp3) is 0.280. The molecule has 0 aliphatic heterocycles. The Morgan fingerprint density at radius 3 is 2.48 bits per heavy atom. The number of aryl methyl sites for hydroxylation is 3. The SMILES string of the molecule is Cc1ccc(-c2ccn(-c3ccc4c5c(n(C)c4n3)CCCCC5)c(=O)c2)cc1. The van der Waals surface area contributed by atoms with Gasteiger partial charge in [0, 0.05) is 30.4 Å². The van der Waals surface area contributed by atoms with Crippen LogP contribution >= 0.6 is 0 Å². The van der Waals surface area contributed by atoms with Gasteiger partial charge in [-0.3, -0.25) is 9.36 Å². The fourth-order valence-electron chi connectivity index (χ4n) is 4.51. The smallest absolute Gasteiger partial charge is 0.256 e. The third kappa shape index (κ3) is 3.09. The Labute approximate surface area is 170 Å². The number of hydrogen-bond donors (Lipinski definition) is 0. The van der Waals surface area contributed by atoms with Crippen molar-refractivity contribution >= 4 is 11.0 Å². The lowest BCUT2D eigenvalue weighted by molar-refractivity contribution is 0.697. The largest absolute Gasteiger partial charge is 0.332 e. The van der Waals surface area contributed by atoms with Gasteiger partial charge in [-0.05, 0) is 67.5 Å². The van der Waals surface area contributed by atoms with E-state index < -0.39 is 0 Å². The molecule has 146 valence electrons. The van der Waals surface area contributed by atoms with Gasteiger partial charge in [0.05, 0.1) is 0 Å². The van der Waals surface area contributed by atoms with E-state index in [0.717, 1.165) is 29.6 Å². The summed E-state index contributed by atoms with van der Waals surface area (Å²) in [6, 6.07) is 16.0. The number of benzene rings is 1. The first-order valence-corrected chi connectivity index (χ1v) is 10.4. The predicted octanol–water partition coefficient (Wildman–Crippen LogP) is 4.97. The van der Waals surface area contributed by atoms with Crippen LogP contribution < -0.4 is 5.56 Å². The van der Waals surface area contributed by atoms with Gasteiger partial charge in [-0.15, -0.1) is 0 Å². The molecule has 0 saturated heterocycles. The minimum Gasteiger partial charge on any atom is -0.332 e. The highest BCUT2D eigenvalue weighted by atomic mass is 16.1. The summed E-state index contributed by atoms with van der Waals surface area (Å²) >= 11 is 0. The van der Waals surface area contributed by atoms with E-state index in [4.69, 9.17) is 4.98 Å². The zero-order valence-corrected chi connectivity index (χ0v) is 17.0. The highest BCUT2D eigenvalue weighted by Gasteiger charge is 2.18.